The Morgan fingerprint density at radius 1 is 0.963 bits per heavy atom. The smallest absolute Gasteiger partial charge is 0.130 e. The first-order chi connectivity index (χ1) is 12.7. The third-order valence-corrected chi connectivity index (χ3v) is 5.93. The maximum Gasteiger partial charge on any atom is 0.130 e. The summed E-state index contributed by atoms with van der Waals surface area (Å²) in [4.78, 5) is 0. The van der Waals surface area contributed by atoms with E-state index in [1.54, 1.807) is 7.11 Å². The minimum Gasteiger partial charge on any atom is -0.496 e. The van der Waals surface area contributed by atoms with E-state index in [4.69, 9.17) is 10.00 Å². The van der Waals surface area contributed by atoms with Crippen LogP contribution in [0.5, 0.6) is 5.75 Å². The highest BCUT2D eigenvalue weighted by Crippen LogP contribution is 2.51. The van der Waals surface area contributed by atoms with E-state index in [0.717, 1.165) is 23.3 Å². The van der Waals surface area contributed by atoms with Gasteiger partial charge in [0.15, 0.2) is 0 Å². The van der Waals surface area contributed by atoms with Gasteiger partial charge in [0.1, 0.15) is 5.75 Å². The van der Waals surface area contributed by atoms with Crippen LogP contribution in [0.3, 0.4) is 0 Å². The first-order valence-electron chi connectivity index (χ1n) is 9.60. The van der Waals surface area contributed by atoms with Crippen LogP contribution in [0.25, 0.3) is 12.2 Å². The Balaban J connectivity index is 2.13. The molecule has 0 heterocycles. The van der Waals surface area contributed by atoms with Crippen molar-refractivity contribution in [2.24, 2.45) is 0 Å². The maximum atomic E-state index is 8.95. The molecule has 0 unspecified atom stereocenters. The summed E-state index contributed by atoms with van der Waals surface area (Å²) in [6.45, 7) is 11.6. The Labute approximate surface area is 163 Å². The molecule has 1 aliphatic carbocycles. The minimum atomic E-state index is 0.0965. The van der Waals surface area contributed by atoms with Crippen LogP contribution >= 0.6 is 0 Å². The predicted octanol–water partition coefficient (Wildman–Crippen LogP) is 6.39. The fourth-order valence-corrected chi connectivity index (χ4v) is 4.42. The number of rotatable bonds is 3. The standard InChI is InChI=1S/C25H29NO/c1-17-15-20(12-11-18-7-9-19(16-26)10-8-18)23(27-6)22-21(17)24(2,3)13-14-25(22,4)5/h7-12,15H,13-14H2,1-6H3/b12-11+. The molecule has 0 amide bonds. The summed E-state index contributed by atoms with van der Waals surface area (Å²) in [5, 5.41) is 8.95. The topological polar surface area (TPSA) is 33.0 Å². The van der Waals surface area contributed by atoms with Crippen molar-refractivity contribution < 1.29 is 4.74 Å². The molecule has 0 radical (unpaired) electrons. The predicted molar refractivity (Wildman–Crippen MR) is 113 cm³/mol. The average molecular weight is 360 g/mol. The molecule has 0 aromatic heterocycles. The molecule has 0 saturated carbocycles. The third kappa shape index (κ3) is 3.52. The van der Waals surface area contributed by atoms with Gasteiger partial charge in [-0.25, -0.2) is 0 Å². The van der Waals surface area contributed by atoms with E-state index in [-0.39, 0.29) is 10.8 Å². The normalized spacial score (nSPS) is 17.4. The van der Waals surface area contributed by atoms with E-state index < -0.39 is 0 Å². The van der Waals surface area contributed by atoms with Gasteiger partial charge < -0.3 is 4.74 Å². The van der Waals surface area contributed by atoms with Crippen LogP contribution in [-0.2, 0) is 10.8 Å². The van der Waals surface area contributed by atoms with Crippen molar-refractivity contribution in [1.29, 1.82) is 5.26 Å². The van der Waals surface area contributed by atoms with Gasteiger partial charge in [0.25, 0.3) is 0 Å². The number of hydrogen-bond acceptors (Lipinski definition) is 2. The van der Waals surface area contributed by atoms with Crippen LogP contribution in [0.1, 0.15) is 73.9 Å². The molecule has 0 saturated heterocycles. The van der Waals surface area contributed by atoms with Gasteiger partial charge in [-0.05, 0) is 65.5 Å². The van der Waals surface area contributed by atoms with Crippen molar-refractivity contribution in [3.8, 4) is 11.8 Å². The molecule has 2 aromatic carbocycles. The Morgan fingerprint density at radius 2 is 1.56 bits per heavy atom. The van der Waals surface area contributed by atoms with Gasteiger partial charge in [-0.1, -0.05) is 52.0 Å². The summed E-state index contributed by atoms with van der Waals surface area (Å²) in [5.74, 6) is 0.998. The fourth-order valence-electron chi connectivity index (χ4n) is 4.42. The number of benzene rings is 2. The molecule has 0 atom stereocenters. The van der Waals surface area contributed by atoms with E-state index in [9.17, 15) is 0 Å². The molecule has 140 valence electrons. The number of nitriles is 1. The Kier molecular flexibility index (Phi) is 4.91. The number of fused-ring (bicyclic) bond motifs is 1. The summed E-state index contributed by atoms with van der Waals surface area (Å²) >= 11 is 0. The van der Waals surface area contributed by atoms with Crippen molar-refractivity contribution >= 4 is 12.2 Å². The van der Waals surface area contributed by atoms with E-state index in [2.05, 4.69) is 58.9 Å². The van der Waals surface area contributed by atoms with Gasteiger partial charge >= 0.3 is 0 Å². The van der Waals surface area contributed by atoms with Crippen LogP contribution in [0.4, 0.5) is 0 Å². The molecular weight excluding hydrogens is 330 g/mol. The first kappa shape index (κ1) is 19.2. The number of ether oxygens (including phenoxy) is 1. The lowest BCUT2D eigenvalue weighted by molar-refractivity contribution is 0.310. The molecule has 0 spiro atoms. The van der Waals surface area contributed by atoms with Gasteiger partial charge in [0.2, 0.25) is 0 Å². The summed E-state index contributed by atoms with van der Waals surface area (Å²) in [6.07, 6.45) is 6.57. The summed E-state index contributed by atoms with van der Waals surface area (Å²) in [6, 6.07) is 12.1. The Bertz CT molecular complexity index is 924. The maximum absolute atomic E-state index is 8.95. The van der Waals surface area contributed by atoms with Crippen LogP contribution < -0.4 is 4.74 Å². The van der Waals surface area contributed by atoms with Crippen molar-refractivity contribution in [2.75, 3.05) is 7.11 Å². The number of methoxy groups -OCH3 is 1. The van der Waals surface area contributed by atoms with Crippen molar-refractivity contribution in [3.05, 3.63) is 63.7 Å². The second-order valence-corrected chi connectivity index (χ2v) is 8.90. The second kappa shape index (κ2) is 6.89. The minimum absolute atomic E-state index is 0.0965. The number of nitrogens with zero attached hydrogens (tertiary/aromatic N) is 1. The van der Waals surface area contributed by atoms with Gasteiger partial charge in [0, 0.05) is 11.1 Å². The lowest BCUT2D eigenvalue weighted by Gasteiger charge is -2.44. The summed E-state index contributed by atoms with van der Waals surface area (Å²) in [7, 11) is 1.78. The molecule has 2 aromatic rings. The quantitative estimate of drug-likeness (QED) is 0.594. The first-order valence-corrected chi connectivity index (χ1v) is 9.60. The van der Waals surface area contributed by atoms with Gasteiger partial charge in [0.05, 0.1) is 18.7 Å². The van der Waals surface area contributed by atoms with Crippen LogP contribution in [0.15, 0.2) is 30.3 Å². The fraction of sp³-hybridized carbons (Fsp3) is 0.400. The Morgan fingerprint density at radius 3 is 2.11 bits per heavy atom. The molecule has 1 aliphatic rings. The van der Waals surface area contributed by atoms with Crippen molar-refractivity contribution in [2.45, 2.75) is 58.3 Å². The lowest BCUT2D eigenvalue weighted by Crippen LogP contribution is -2.35. The van der Waals surface area contributed by atoms with Gasteiger partial charge in [-0.2, -0.15) is 5.26 Å². The van der Waals surface area contributed by atoms with Gasteiger partial charge in [-0.3, -0.25) is 0 Å². The zero-order valence-electron chi connectivity index (χ0n) is 17.3. The van der Waals surface area contributed by atoms with Crippen LogP contribution in [0, 0.1) is 18.3 Å². The highest BCUT2D eigenvalue weighted by atomic mass is 16.5. The van der Waals surface area contributed by atoms with Gasteiger partial charge in [-0.15, -0.1) is 0 Å². The molecular formula is C25H29NO. The monoisotopic (exact) mass is 359 g/mol. The molecule has 3 rings (SSSR count). The summed E-state index contributed by atoms with van der Waals surface area (Å²) < 4.78 is 5.96. The van der Waals surface area contributed by atoms with Crippen LogP contribution in [-0.4, -0.2) is 7.11 Å². The number of aryl methyl sites for hydroxylation is 1. The largest absolute Gasteiger partial charge is 0.496 e. The third-order valence-electron chi connectivity index (χ3n) is 5.93. The van der Waals surface area contributed by atoms with E-state index >= 15 is 0 Å². The Hall–Kier alpha value is -2.53. The second-order valence-electron chi connectivity index (χ2n) is 8.90. The number of hydrogen-bond donors (Lipinski definition) is 0. The van der Waals surface area contributed by atoms with Crippen molar-refractivity contribution in [1.82, 2.24) is 0 Å². The molecule has 0 fully saturated rings. The van der Waals surface area contributed by atoms with Crippen molar-refractivity contribution in [3.63, 3.8) is 0 Å². The highest BCUT2D eigenvalue weighted by Gasteiger charge is 2.40. The zero-order valence-corrected chi connectivity index (χ0v) is 17.3. The molecule has 2 nitrogen and oxygen atoms in total. The average Bonchev–Trinajstić information content (AvgIpc) is 2.63. The summed E-state index contributed by atoms with van der Waals surface area (Å²) in [5.41, 5.74) is 7.28. The molecule has 0 aliphatic heterocycles. The molecule has 27 heavy (non-hydrogen) atoms. The molecule has 2 heteroatoms. The zero-order chi connectivity index (χ0) is 19.8. The van der Waals surface area contributed by atoms with E-state index in [1.165, 1.54) is 23.1 Å². The molecule has 0 N–H and O–H groups in total. The highest BCUT2D eigenvalue weighted by molar-refractivity contribution is 5.76. The SMILES string of the molecule is COc1c(/C=C/c2ccc(C#N)cc2)cc(C)c2c1C(C)(C)CCC2(C)C. The van der Waals surface area contributed by atoms with Crippen LogP contribution in [0.2, 0.25) is 0 Å². The van der Waals surface area contributed by atoms with E-state index in [1.807, 2.05) is 24.3 Å². The lowest BCUT2D eigenvalue weighted by atomic mass is 9.61. The molecule has 0 bridgehead atoms. The van der Waals surface area contributed by atoms with E-state index in [0.29, 0.717) is 5.56 Å².